The van der Waals surface area contributed by atoms with E-state index in [1.807, 2.05) is 0 Å². The molecule has 0 amide bonds. The summed E-state index contributed by atoms with van der Waals surface area (Å²) in [6.07, 6.45) is 17.9. The number of hydrogen-bond acceptors (Lipinski definition) is 0. The molecule has 318 valence electrons. The summed E-state index contributed by atoms with van der Waals surface area (Å²) in [6, 6.07) is 34.8. The fourth-order valence-electron chi connectivity index (χ4n) is 11.0. The Kier molecular flexibility index (Phi) is 9.76. The van der Waals surface area contributed by atoms with Crippen molar-refractivity contribution in [2.75, 3.05) is 0 Å². The Balaban J connectivity index is 1.23. The predicted octanol–water partition coefficient (Wildman–Crippen LogP) is 16.4. The van der Waals surface area contributed by atoms with Crippen molar-refractivity contribution in [3.05, 3.63) is 199 Å². The first-order chi connectivity index (χ1) is 29.0. The molecule has 0 heterocycles. The lowest BCUT2D eigenvalue weighted by molar-refractivity contribution is 0.582. The Morgan fingerprint density at radius 1 is 0.339 bits per heavy atom. The molecule has 4 aliphatic rings. The maximum absolute atomic E-state index is 2.59. The molecule has 0 radical (unpaired) electrons. The third-order valence-corrected chi connectivity index (χ3v) is 15.4. The molecule has 0 fully saturated rings. The minimum atomic E-state index is -0.313. The molecule has 0 N–H and O–H groups in total. The molecule has 9 rings (SSSR count). The highest BCUT2D eigenvalue weighted by Gasteiger charge is 2.42. The molecule has 4 aliphatic carbocycles. The van der Waals surface area contributed by atoms with Crippen LogP contribution in [-0.2, 0) is 45.3 Å². The summed E-state index contributed by atoms with van der Waals surface area (Å²) < 4.78 is 0. The van der Waals surface area contributed by atoms with E-state index in [2.05, 4.69) is 218 Å². The number of allylic oxidation sites excluding steroid dienone is 8. The quantitative estimate of drug-likeness (QED) is 0.157. The summed E-state index contributed by atoms with van der Waals surface area (Å²) in [6.45, 7) is 33.3. The topological polar surface area (TPSA) is 0 Å². The monoisotopic (exact) mass is 815 g/mol. The second kappa shape index (κ2) is 14.3. The van der Waals surface area contributed by atoms with Gasteiger partial charge in [0, 0.05) is 10.8 Å². The van der Waals surface area contributed by atoms with Gasteiger partial charge in [0.1, 0.15) is 0 Å². The van der Waals surface area contributed by atoms with E-state index in [1.54, 1.807) is 0 Å². The van der Waals surface area contributed by atoms with Gasteiger partial charge < -0.3 is 0 Å². The first kappa shape index (κ1) is 42.4. The number of hydrogen-bond donors (Lipinski definition) is 0. The molecule has 5 aromatic rings. The zero-order valence-electron chi connectivity index (χ0n) is 40.4. The Labute approximate surface area is 375 Å². The van der Waals surface area contributed by atoms with E-state index in [4.69, 9.17) is 0 Å². The van der Waals surface area contributed by atoms with Crippen molar-refractivity contribution in [3.63, 3.8) is 0 Å². The lowest BCUT2D eigenvalue weighted by Gasteiger charge is -2.38. The third-order valence-electron chi connectivity index (χ3n) is 15.4. The number of benzene rings is 5. The van der Waals surface area contributed by atoms with Gasteiger partial charge in [-0.05, 0) is 150 Å². The highest BCUT2D eigenvalue weighted by atomic mass is 14.4. The van der Waals surface area contributed by atoms with Gasteiger partial charge in [0.15, 0.2) is 0 Å². The van der Waals surface area contributed by atoms with Crippen molar-refractivity contribution in [2.45, 2.75) is 155 Å². The second-order valence-electron chi connectivity index (χ2n) is 23.7. The van der Waals surface area contributed by atoms with Crippen LogP contribution in [0.4, 0.5) is 0 Å². The summed E-state index contributed by atoms with van der Waals surface area (Å²) in [4.78, 5) is 0. The van der Waals surface area contributed by atoms with Gasteiger partial charge in [0.05, 0.1) is 0 Å². The van der Waals surface area contributed by atoms with Crippen LogP contribution in [0.15, 0.2) is 133 Å². The average Bonchev–Trinajstić information content (AvgIpc) is 4.05. The minimum Gasteiger partial charge on any atom is -0.0804 e. The lowest BCUT2D eigenvalue weighted by atomic mass is 9.64. The normalized spacial score (nSPS) is 17.6. The van der Waals surface area contributed by atoms with Crippen LogP contribution in [0, 0.1) is 0 Å². The fraction of sp³-hybridized carbons (Fsp3) is 0.387. The number of rotatable bonds is 6. The second-order valence-corrected chi connectivity index (χ2v) is 23.7. The minimum absolute atomic E-state index is 0.00191. The van der Waals surface area contributed by atoms with E-state index in [0.717, 1.165) is 25.7 Å². The number of fused-ring (bicyclic) bond motifs is 6. The van der Waals surface area contributed by atoms with Crippen molar-refractivity contribution in [1.29, 1.82) is 0 Å². The van der Waals surface area contributed by atoms with Crippen molar-refractivity contribution < 1.29 is 0 Å². The fourth-order valence-corrected chi connectivity index (χ4v) is 11.0. The summed E-state index contributed by atoms with van der Waals surface area (Å²) in [5, 5.41) is 0. The molecule has 0 heteroatoms. The van der Waals surface area contributed by atoms with Crippen LogP contribution < -0.4 is 0 Å². The first-order valence-electron chi connectivity index (χ1n) is 23.5. The molecule has 62 heavy (non-hydrogen) atoms. The molecule has 0 aromatic heterocycles. The van der Waals surface area contributed by atoms with Crippen molar-refractivity contribution >= 4 is 0 Å². The van der Waals surface area contributed by atoms with Gasteiger partial charge in [-0.2, -0.15) is 0 Å². The maximum atomic E-state index is 2.59. The Hall–Kier alpha value is -4.94. The lowest BCUT2D eigenvalue weighted by Crippen LogP contribution is -2.30. The molecule has 0 saturated heterocycles. The van der Waals surface area contributed by atoms with Crippen LogP contribution in [0.25, 0.3) is 22.3 Å². The van der Waals surface area contributed by atoms with Crippen LogP contribution in [-0.4, -0.2) is 0 Å². The van der Waals surface area contributed by atoms with E-state index < -0.39 is 0 Å². The molecule has 0 saturated carbocycles. The van der Waals surface area contributed by atoms with Crippen LogP contribution in [0.2, 0.25) is 0 Å². The van der Waals surface area contributed by atoms with Crippen molar-refractivity contribution in [2.24, 2.45) is 0 Å². The zero-order chi connectivity index (χ0) is 44.4. The standard InChI is InChI=1S/C62H70/c1-57(2,3)45-25-23-39-31-53-51(49(39)33-45)35-47(59(7,8)9)37-55(53)61(13,41-19-15-16-20-41)43-27-29-44(30-28-43)62(14,42-21-17-18-22-42)56-38-48(60(10,11)12)36-52-50-34-46(58(4,5)6)26-24-40(50)32-54(52)56/h15-19,21,23-30,33-38H,20,22,31-32H2,1-14H3. The smallest absolute Gasteiger partial charge is 0.0392 e. The molecule has 2 atom stereocenters. The maximum Gasteiger partial charge on any atom is 0.0392 e. The molecule has 0 nitrogen and oxygen atoms in total. The van der Waals surface area contributed by atoms with Gasteiger partial charge in [-0.15, -0.1) is 0 Å². The highest BCUT2D eigenvalue weighted by molar-refractivity contribution is 5.83. The van der Waals surface area contributed by atoms with Gasteiger partial charge >= 0.3 is 0 Å². The summed E-state index contributed by atoms with van der Waals surface area (Å²) >= 11 is 0. The van der Waals surface area contributed by atoms with Crippen LogP contribution in [0.3, 0.4) is 0 Å². The van der Waals surface area contributed by atoms with Crippen molar-refractivity contribution in [1.82, 2.24) is 0 Å². The van der Waals surface area contributed by atoms with E-state index in [0.29, 0.717) is 0 Å². The van der Waals surface area contributed by atoms with Crippen LogP contribution >= 0.6 is 0 Å². The summed E-state index contributed by atoms with van der Waals surface area (Å²) in [7, 11) is 0. The van der Waals surface area contributed by atoms with Gasteiger partial charge in [-0.1, -0.05) is 216 Å². The van der Waals surface area contributed by atoms with E-state index in [9.17, 15) is 0 Å². The van der Waals surface area contributed by atoms with Crippen LogP contribution in [0.1, 0.15) is 177 Å². The van der Waals surface area contributed by atoms with Gasteiger partial charge in [0.2, 0.25) is 0 Å². The van der Waals surface area contributed by atoms with Crippen LogP contribution in [0.5, 0.6) is 0 Å². The summed E-state index contributed by atoms with van der Waals surface area (Å²) in [5.41, 5.74) is 25.4. The first-order valence-corrected chi connectivity index (χ1v) is 23.5. The van der Waals surface area contributed by atoms with E-state index in [-0.39, 0.29) is 32.5 Å². The Morgan fingerprint density at radius 2 is 0.661 bits per heavy atom. The molecule has 2 unspecified atom stereocenters. The predicted molar refractivity (Wildman–Crippen MR) is 267 cm³/mol. The van der Waals surface area contributed by atoms with Crippen molar-refractivity contribution in [3.8, 4) is 22.3 Å². The van der Waals surface area contributed by atoms with E-state index >= 15 is 0 Å². The van der Waals surface area contributed by atoms with Gasteiger partial charge in [-0.25, -0.2) is 0 Å². The summed E-state index contributed by atoms with van der Waals surface area (Å²) in [5.74, 6) is 0. The molecule has 5 aromatic carbocycles. The van der Waals surface area contributed by atoms with Gasteiger partial charge in [0.25, 0.3) is 0 Å². The largest absolute Gasteiger partial charge is 0.0804 e. The molecule has 0 bridgehead atoms. The van der Waals surface area contributed by atoms with Gasteiger partial charge in [-0.3, -0.25) is 0 Å². The molecule has 0 spiro atoms. The zero-order valence-corrected chi connectivity index (χ0v) is 40.4. The molecular weight excluding hydrogens is 745 g/mol. The average molecular weight is 815 g/mol. The molecular formula is C62H70. The SMILES string of the molecule is CC(C)(C)c1ccc2c(c1)-c1cc(C(C)(C)C)cc(C(C)(C3=CC=CC3)c3ccc(C(C)(C4=CC=CC4)c4cc(C(C)(C)C)cc5c4Cc4ccc(C(C)(C)C)cc4-5)cc3)c1C2. The third kappa shape index (κ3) is 6.87. The Bertz CT molecular complexity index is 2570. The highest BCUT2D eigenvalue weighted by Crippen LogP contribution is 2.54. The Morgan fingerprint density at radius 3 is 0.968 bits per heavy atom. The van der Waals surface area contributed by atoms with E-state index in [1.165, 1.54) is 100 Å². The molecule has 0 aliphatic heterocycles.